The molecule has 1 unspecified atom stereocenters. The van der Waals surface area contributed by atoms with Gasteiger partial charge in [0, 0.05) is 23.7 Å². The van der Waals surface area contributed by atoms with E-state index in [4.69, 9.17) is 14.2 Å². The molecule has 194 valence electrons. The molecular weight excluding hydrogens is 460 g/mol. The van der Waals surface area contributed by atoms with E-state index in [1.54, 1.807) is 49.6 Å². The van der Waals surface area contributed by atoms with Crippen molar-refractivity contribution in [2.45, 2.75) is 32.2 Å². The Labute approximate surface area is 213 Å². The van der Waals surface area contributed by atoms with E-state index in [0.29, 0.717) is 47.9 Å². The minimum atomic E-state index is -0.798. The number of hydrogen-bond donors (Lipinski definition) is 1. The monoisotopic (exact) mass is 496 g/mol. The predicted octanol–water partition coefficient (Wildman–Crippen LogP) is 4.26. The maximum atomic E-state index is 13.3. The molecule has 0 bridgehead atoms. The Morgan fingerprint density at radius 3 is 2.31 bits per heavy atom. The maximum absolute atomic E-state index is 13.3. The van der Waals surface area contributed by atoms with Crippen LogP contribution < -0.4 is 14.2 Å². The smallest absolute Gasteiger partial charge is 0.295 e. The second-order valence-corrected chi connectivity index (χ2v) is 8.98. The number of Topliss-reactive ketones (excluding diaryl/α,β-unsaturated/α-hetero) is 1. The molecule has 1 fully saturated rings. The lowest BCUT2D eigenvalue weighted by atomic mass is 9.94. The summed E-state index contributed by atoms with van der Waals surface area (Å²) in [6.45, 7) is 3.80. The Morgan fingerprint density at radius 2 is 1.69 bits per heavy atom. The summed E-state index contributed by atoms with van der Waals surface area (Å²) in [7, 11) is 6.98. The molecule has 2 aromatic carbocycles. The fraction of sp³-hybridized carbons (Fsp3) is 0.429. The third kappa shape index (κ3) is 5.99. The molecule has 1 heterocycles. The fourth-order valence-electron chi connectivity index (χ4n) is 4.23. The molecule has 2 aromatic rings. The first kappa shape index (κ1) is 27.1. The Bertz CT molecular complexity index is 1090. The van der Waals surface area contributed by atoms with Gasteiger partial charge in [-0.2, -0.15) is 0 Å². The number of unbranched alkanes of at least 4 members (excludes halogenated alkanes) is 1. The molecule has 1 atom stereocenters. The number of carbonyl (C=O) groups is 2. The average Bonchev–Trinajstić information content (AvgIpc) is 3.13. The van der Waals surface area contributed by atoms with Gasteiger partial charge in [0.05, 0.1) is 32.4 Å². The van der Waals surface area contributed by atoms with Crippen molar-refractivity contribution in [2.24, 2.45) is 0 Å². The van der Waals surface area contributed by atoms with Gasteiger partial charge in [-0.25, -0.2) is 0 Å². The van der Waals surface area contributed by atoms with Crippen molar-refractivity contribution in [1.29, 1.82) is 0 Å². The molecule has 0 radical (unpaired) electrons. The Kier molecular flexibility index (Phi) is 9.36. The Balaban J connectivity index is 2.06. The lowest BCUT2D eigenvalue weighted by molar-refractivity contribution is -0.140. The van der Waals surface area contributed by atoms with Gasteiger partial charge >= 0.3 is 0 Å². The van der Waals surface area contributed by atoms with Crippen molar-refractivity contribution >= 4 is 17.4 Å². The molecule has 8 nitrogen and oxygen atoms in total. The highest BCUT2D eigenvalue weighted by molar-refractivity contribution is 6.46. The zero-order chi connectivity index (χ0) is 26.2. The van der Waals surface area contributed by atoms with Crippen molar-refractivity contribution in [1.82, 2.24) is 9.80 Å². The molecule has 0 aliphatic carbocycles. The first-order valence-corrected chi connectivity index (χ1v) is 12.2. The largest absolute Gasteiger partial charge is 0.507 e. The van der Waals surface area contributed by atoms with E-state index in [-0.39, 0.29) is 11.3 Å². The van der Waals surface area contributed by atoms with Crippen LogP contribution in [0.25, 0.3) is 5.76 Å². The van der Waals surface area contributed by atoms with Gasteiger partial charge in [-0.05, 0) is 69.9 Å². The van der Waals surface area contributed by atoms with Gasteiger partial charge < -0.3 is 29.1 Å². The summed E-state index contributed by atoms with van der Waals surface area (Å²) in [4.78, 5) is 30.0. The van der Waals surface area contributed by atoms with Crippen LogP contribution in [0, 0.1) is 0 Å². The van der Waals surface area contributed by atoms with Gasteiger partial charge in [0.25, 0.3) is 11.7 Å². The van der Waals surface area contributed by atoms with Crippen LogP contribution in [0.3, 0.4) is 0 Å². The molecule has 0 saturated carbocycles. The summed E-state index contributed by atoms with van der Waals surface area (Å²) in [6.07, 6.45) is 2.64. The number of nitrogens with zero attached hydrogens (tertiary/aromatic N) is 2. The number of methoxy groups -OCH3 is 2. The number of hydrogen-bond acceptors (Lipinski definition) is 7. The average molecular weight is 497 g/mol. The highest BCUT2D eigenvalue weighted by Crippen LogP contribution is 2.43. The van der Waals surface area contributed by atoms with E-state index in [1.807, 2.05) is 19.0 Å². The molecule has 1 aliphatic rings. The minimum absolute atomic E-state index is 0.0352. The molecule has 1 saturated heterocycles. The molecule has 1 amide bonds. The molecule has 3 rings (SSSR count). The number of ether oxygens (including phenoxy) is 3. The molecule has 36 heavy (non-hydrogen) atoms. The molecular formula is C28H36N2O6. The van der Waals surface area contributed by atoms with Gasteiger partial charge in [0.2, 0.25) is 0 Å². The van der Waals surface area contributed by atoms with E-state index in [1.165, 1.54) is 12.0 Å². The van der Waals surface area contributed by atoms with Crippen LogP contribution in [-0.2, 0) is 9.59 Å². The molecule has 1 aliphatic heterocycles. The van der Waals surface area contributed by atoms with Crippen molar-refractivity contribution < 1.29 is 28.9 Å². The number of likely N-dealkylation sites (tertiary alicyclic amines) is 1. The normalized spacial score (nSPS) is 17.1. The number of ketones is 1. The topological polar surface area (TPSA) is 88.5 Å². The van der Waals surface area contributed by atoms with Crippen molar-refractivity contribution in [3.05, 3.63) is 59.2 Å². The highest BCUT2D eigenvalue weighted by Gasteiger charge is 2.46. The highest BCUT2D eigenvalue weighted by atomic mass is 16.5. The summed E-state index contributed by atoms with van der Waals surface area (Å²) in [5.41, 5.74) is 1.07. The standard InChI is InChI=1S/C28H36N2O6/c1-6-7-17-36-20-11-9-19(10-12-20)26(31)24-25(22-14-13-21(34-4)18-23(22)35-5)30(28(33)27(24)32)16-8-15-29(2)3/h9-14,18,25,31H,6-8,15-17H2,1-5H3/b26-24-. The lowest BCUT2D eigenvalue weighted by Crippen LogP contribution is -2.32. The number of carbonyl (C=O) groups excluding carboxylic acids is 2. The Hall–Kier alpha value is -3.52. The molecule has 0 aromatic heterocycles. The third-order valence-corrected chi connectivity index (χ3v) is 6.17. The van der Waals surface area contributed by atoms with Gasteiger partial charge in [-0.1, -0.05) is 13.3 Å². The first-order valence-electron chi connectivity index (χ1n) is 12.2. The van der Waals surface area contributed by atoms with Gasteiger partial charge in [-0.15, -0.1) is 0 Å². The van der Waals surface area contributed by atoms with Crippen LogP contribution in [0.15, 0.2) is 48.0 Å². The predicted molar refractivity (Wildman–Crippen MR) is 139 cm³/mol. The van der Waals surface area contributed by atoms with E-state index in [2.05, 4.69) is 6.92 Å². The maximum Gasteiger partial charge on any atom is 0.295 e. The van der Waals surface area contributed by atoms with Crippen LogP contribution in [0.5, 0.6) is 17.2 Å². The van der Waals surface area contributed by atoms with Crippen LogP contribution in [0.1, 0.15) is 43.4 Å². The van der Waals surface area contributed by atoms with E-state index >= 15 is 0 Å². The van der Waals surface area contributed by atoms with Crippen LogP contribution in [-0.4, -0.2) is 74.6 Å². The van der Waals surface area contributed by atoms with Gasteiger partial charge in [0.15, 0.2) is 0 Å². The van der Waals surface area contributed by atoms with E-state index in [9.17, 15) is 14.7 Å². The zero-order valence-corrected chi connectivity index (χ0v) is 21.7. The zero-order valence-electron chi connectivity index (χ0n) is 21.7. The summed E-state index contributed by atoms with van der Waals surface area (Å²) >= 11 is 0. The number of aliphatic hydroxyl groups excluding tert-OH is 1. The summed E-state index contributed by atoms with van der Waals surface area (Å²) < 4.78 is 16.6. The van der Waals surface area contributed by atoms with Crippen LogP contribution in [0.2, 0.25) is 0 Å². The second-order valence-electron chi connectivity index (χ2n) is 8.98. The number of rotatable bonds is 12. The number of amides is 1. The minimum Gasteiger partial charge on any atom is -0.507 e. The van der Waals surface area contributed by atoms with Crippen molar-refractivity contribution in [3.8, 4) is 17.2 Å². The van der Waals surface area contributed by atoms with Crippen LogP contribution >= 0.6 is 0 Å². The quantitative estimate of drug-likeness (QED) is 0.203. The van der Waals surface area contributed by atoms with Gasteiger partial charge in [-0.3, -0.25) is 9.59 Å². The lowest BCUT2D eigenvalue weighted by Gasteiger charge is -2.27. The third-order valence-electron chi connectivity index (χ3n) is 6.17. The number of benzene rings is 2. The molecule has 0 spiro atoms. The van der Waals surface area contributed by atoms with E-state index in [0.717, 1.165) is 19.4 Å². The van der Waals surface area contributed by atoms with Crippen LogP contribution in [0.4, 0.5) is 0 Å². The second kappa shape index (κ2) is 12.4. The SMILES string of the molecule is CCCCOc1ccc(/C(O)=C2/C(=O)C(=O)N(CCCN(C)C)C2c2ccc(OC)cc2OC)cc1. The van der Waals surface area contributed by atoms with Crippen molar-refractivity contribution in [3.63, 3.8) is 0 Å². The fourth-order valence-corrected chi connectivity index (χ4v) is 4.23. The van der Waals surface area contributed by atoms with E-state index < -0.39 is 17.7 Å². The summed E-state index contributed by atoms with van der Waals surface area (Å²) in [6, 6.07) is 11.3. The molecule has 8 heteroatoms. The summed E-state index contributed by atoms with van der Waals surface area (Å²) in [5.74, 6) is 0.133. The van der Waals surface area contributed by atoms with Crippen molar-refractivity contribution in [2.75, 3.05) is 48.0 Å². The first-order chi connectivity index (χ1) is 17.3. The molecule has 1 N–H and O–H groups in total. The summed E-state index contributed by atoms with van der Waals surface area (Å²) in [5, 5.41) is 11.3. The Morgan fingerprint density at radius 1 is 1.00 bits per heavy atom. The number of aliphatic hydroxyl groups is 1. The van der Waals surface area contributed by atoms with Gasteiger partial charge in [0.1, 0.15) is 23.0 Å².